The molecule has 1 aromatic carbocycles. The molecule has 0 aromatic heterocycles. The molecule has 7 heteroatoms. The van der Waals surface area contributed by atoms with Crippen LogP contribution in [0.2, 0.25) is 0 Å². The maximum Gasteiger partial charge on any atom is 0.230 e. The van der Waals surface area contributed by atoms with E-state index in [2.05, 4.69) is 44.7 Å². The SMILES string of the molecule is Cl.O=C1CCC(Cc2ccc(N3CCN(C4CNC4)CC3)cc2)C(=O)N1. The molecule has 3 heterocycles. The molecule has 6 nitrogen and oxygen atoms in total. The second-order valence-electron chi connectivity index (χ2n) is 7.35. The van der Waals surface area contributed by atoms with Crippen LogP contribution in [0.25, 0.3) is 0 Å². The van der Waals surface area contributed by atoms with Gasteiger partial charge in [0.2, 0.25) is 11.8 Å². The van der Waals surface area contributed by atoms with Crippen molar-refractivity contribution in [3.8, 4) is 0 Å². The summed E-state index contributed by atoms with van der Waals surface area (Å²) >= 11 is 0. The van der Waals surface area contributed by atoms with Gasteiger partial charge in [-0.15, -0.1) is 12.4 Å². The van der Waals surface area contributed by atoms with Gasteiger partial charge >= 0.3 is 0 Å². The lowest BCUT2D eigenvalue weighted by molar-refractivity contribution is -0.136. The number of carbonyl (C=O) groups is 2. The predicted molar refractivity (Wildman–Crippen MR) is 104 cm³/mol. The zero-order valence-electron chi connectivity index (χ0n) is 14.9. The second kappa shape index (κ2) is 8.37. The standard InChI is InChI=1S/C19H26N4O2.ClH/c24-18-6-3-15(19(25)21-18)11-14-1-4-16(5-2-14)22-7-9-23(10-8-22)17-12-20-13-17;/h1-2,4-5,15,17,20H,3,6-13H2,(H,21,24,25);1H. The molecular formula is C19H27ClN4O2. The monoisotopic (exact) mass is 378 g/mol. The van der Waals surface area contributed by atoms with Crippen LogP contribution in [-0.2, 0) is 16.0 Å². The summed E-state index contributed by atoms with van der Waals surface area (Å²) in [6.45, 7) is 6.67. The van der Waals surface area contributed by atoms with Gasteiger partial charge < -0.3 is 10.2 Å². The third kappa shape index (κ3) is 4.19. The van der Waals surface area contributed by atoms with Crippen molar-refractivity contribution in [2.45, 2.75) is 25.3 Å². The van der Waals surface area contributed by atoms with E-state index in [4.69, 9.17) is 0 Å². The Hall–Kier alpha value is -1.63. The molecule has 3 saturated heterocycles. The molecule has 142 valence electrons. The Bertz CT molecular complexity index is 639. The Morgan fingerprint density at radius 2 is 1.69 bits per heavy atom. The fourth-order valence-electron chi connectivity index (χ4n) is 3.94. The largest absolute Gasteiger partial charge is 0.369 e. The molecule has 3 fully saturated rings. The van der Waals surface area contributed by atoms with E-state index < -0.39 is 0 Å². The van der Waals surface area contributed by atoms with Crippen LogP contribution < -0.4 is 15.5 Å². The first-order chi connectivity index (χ1) is 12.2. The average Bonchev–Trinajstić information content (AvgIpc) is 2.57. The fourth-order valence-corrected chi connectivity index (χ4v) is 3.94. The number of hydrogen-bond donors (Lipinski definition) is 2. The molecule has 3 aliphatic rings. The summed E-state index contributed by atoms with van der Waals surface area (Å²) in [5, 5.41) is 5.78. The Morgan fingerprint density at radius 3 is 2.27 bits per heavy atom. The summed E-state index contributed by atoms with van der Waals surface area (Å²) in [4.78, 5) is 28.2. The number of nitrogens with zero attached hydrogens (tertiary/aromatic N) is 2. The molecule has 0 spiro atoms. The zero-order chi connectivity index (χ0) is 17.2. The molecule has 4 rings (SSSR count). The molecule has 3 aliphatic heterocycles. The molecule has 26 heavy (non-hydrogen) atoms. The third-order valence-corrected chi connectivity index (χ3v) is 5.73. The first-order valence-corrected chi connectivity index (χ1v) is 9.31. The predicted octanol–water partition coefficient (Wildman–Crippen LogP) is 0.798. The van der Waals surface area contributed by atoms with Crippen molar-refractivity contribution in [2.24, 2.45) is 5.92 Å². The molecule has 1 atom stereocenters. The molecule has 0 radical (unpaired) electrons. The number of carbonyl (C=O) groups excluding carboxylic acids is 2. The number of piperazine rings is 1. The molecule has 0 saturated carbocycles. The normalized spacial score (nSPS) is 24.6. The fraction of sp³-hybridized carbons (Fsp3) is 0.579. The van der Waals surface area contributed by atoms with Crippen molar-refractivity contribution in [1.82, 2.24) is 15.5 Å². The molecule has 2 amide bonds. The van der Waals surface area contributed by atoms with Gasteiger partial charge in [0.05, 0.1) is 0 Å². The van der Waals surface area contributed by atoms with Crippen LogP contribution in [0.5, 0.6) is 0 Å². The van der Waals surface area contributed by atoms with Gasteiger partial charge in [0.15, 0.2) is 0 Å². The van der Waals surface area contributed by atoms with Gasteiger partial charge in [-0.25, -0.2) is 0 Å². The van der Waals surface area contributed by atoms with Gasteiger partial charge in [-0.3, -0.25) is 19.8 Å². The number of piperidine rings is 1. The maximum absolute atomic E-state index is 11.9. The zero-order valence-corrected chi connectivity index (χ0v) is 15.8. The first kappa shape index (κ1) is 19.1. The van der Waals surface area contributed by atoms with E-state index in [1.165, 1.54) is 5.69 Å². The Kier molecular flexibility index (Phi) is 6.16. The van der Waals surface area contributed by atoms with Crippen molar-refractivity contribution >= 4 is 29.9 Å². The van der Waals surface area contributed by atoms with Crippen molar-refractivity contribution < 1.29 is 9.59 Å². The number of hydrogen-bond acceptors (Lipinski definition) is 5. The summed E-state index contributed by atoms with van der Waals surface area (Å²) in [6, 6.07) is 9.32. The topological polar surface area (TPSA) is 64.7 Å². The summed E-state index contributed by atoms with van der Waals surface area (Å²) in [5.74, 6) is -0.349. The third-order valence-electron chi connectivity index (χ3n) is 5.73. The lowest BCUT2D eigenvalue weighted by atomic mass is 9.91. The summed E-state index contributed by atoms with van der Waals surface area (Å²) in [6.07, 6.45) is 1.82. The van der Waals surface area contributed by atoms with E-state index in [1.807, 2.05) is 0 Å². The number of nitrogens with one attached hydrogen (secondary N) is 2. The number of benzene rings is 1. The number of anilines is 1. The lowest BCUT2D eigenvalue weighted by Crippen LogP contribution is -2.61. The molecular weight excluding hydrogens is 352 g/mol. The van der Waals surface area contributed by atoms with Crippen LogP contribution in [0.1, 0.15) is 18.4 Å². The number of rotatable bonds is 4. The highest BCUT2D eigenvalue weighted by Gasteiger charge is 2.28. The number of halogens is 1. The van der Waals surface area contributed by atoms with E-state index in [-0.39, 0.29) is 30.1 Å². The number of amides is 2. The smallest absolute Gasteiger partial charge is 0.230 e. The highest BCUT2D eigenvalue weighted by Crippen LogP contribution is 2.22. The Morgan fingerprint density at radius 1 is 1.00 bits per heavy atom. The highest BCUT2D eigenvalue weighted by molar-refractivity contribution is 5.98. The van der Waals surface area contributed by atoms with Gasteiger partial charge in [0.1, 0.15) is 0 Å². The number of imide groups is 1. The van der Waals surface area contributed by atoms with Gasteiger partial charge in [0, 0.05) is 63.3 Å². The van der Waals surface area contributed by atoms with Crippen LogP contribution in [0.15, 0.2) is 24.3 Å². The van der Waals surface area contributed by atoms with Crippen LogP contribution in [0.4, 0.5) is 5.69 Å². The Balaban J connectivity index is 0.00000196. The minimum absolute atomic E-state index is 0. The second-order valence-corrected chi connectivity index (χ2v) is 7.35. The molecule has 1 aromatic rings. The average molecular weight is 379 g/mol. The van der Waals surface area contributed by atoms with Crippen molar-refractivity contribution in [1.29, 1.82) is 0 Å². The lowest BCUT2D eigenvalue weighted by Gasteiger charge is -2.43. The van der Waals surface area contributed by atoms with E-state index >= 15 is 0 Å². The highest BCUT2D eigenvalue weighted by atomic mass is 35.5. The van der Waals surface area contributed by atoms with Crippen molar-refractivity contribution in [3.63, 3.8) is 0 Å². The van der Waals surface area contributed by atoms with Gasteiger partial charge in [0.25, 0.3) is 0 Å². The Labute approximate surface area is 160 Å². The summed E-state index contributed by atoms with van der Waals surface area (Å²) in [7, 11) is 0. The van der Waals surface area contributed by atoms with Crippen molar-refractivity contribution in [2.75, 3.05) is 44.2 Å². The van der Waals surface area contributed by atoms with E-state index in [9.17, 15) is 9.59 Å². The van der Waals surface area contributed by atoms with Crippen LogP contribution in [-0.4, -0.2) is 62.0 Å². The maximum atomic E-state index is 11.9. The quantitative estimate of drug-likeness (QED) is 0.759. The van der Waals surface area contributed by atoms with Crippen molar-refractivity contribution in [3.05, 3.63) is 29.8 Å². The molecule has 1 unspecified atom stereocenters. The van der Waals surface area contributed by atoms with Crippen LogP contribution in [0.3, 0.4) is 0 Å². The summed E-state index contributed by atoms with van der Waals surface area (Å²) in [5.41, 5.74) is 2.43. The van der Waals surface area contributed by atoms with Crippen LogP contribution in [0, 0.1) is 5.92 Å². The van der Waals surface area contributed by atoms with Gasteiger partial charge in [-0.2, -0.15) is 0 Å². The molecule has 0 aliphatic carbocycles. The van der Waals surface area contributed by atoms with E-state index in [0.717, 1.165) is 50.9 Å². The first-order valence-electron chi connectivity index (χ1n) is 9.31. The summed E-state index contributed by atoms with van der Waals surface area (Å²) < 4.78 is 0. The molecule has 2 N–H and O–H groups in total. The van der Waals surface area contributed by atoms with Crippen LogP contribution >= 0.6 is 12.4 Å². The minimum Gasteiger partial charge on any atom is -0.369 e. The van der Waals surface area contributed by atoms with Gasteiger partial charge in [-0.1, -0.05) is 12.1 Å². The molecule has 0 bridgehead atoms. The minimum atomic E-state index is -0.145. The van der Waals surface area contributed by atoms with Gasteiger partial charge in [-0.05, 0) is 30.5 Å². The van der Waals surface area contributed by atoms with E-state index in [0.29, 0.717) is 19.3 Å². The van der Waals surface area contributed by atoms with E-state index in [1.54, 1.807) is 0 Å².